The SMILES string of the molecule is CC12CCC(C1)C(C)(C)C2Nc1cccc(CO)c1. The van der Waals surface area contributed by atoms with Crippen molar-refractivity contribution >= 4 is 5.69 Å². The molecule has 2 aliphatic carbocycles. The molecule has 0 radical (unpaired) electrons. The molecule has 0 saturated heterocycles. The van der Waals surface area contributed by atoms with Gasteiger partial charge in [0.05, 0.1) is 6.61 Å². The molecule has 2 nitrogen and oxygen atoms in total. The second kappa shape index (κ2) is 4.24. The first kappa shape index (κ1) is 13.0. The Bertz CT molecular complexity index is 477. The van der Waals surface area contributed by atoms with Gasteiger partial charge >= 0.3 is 0 Å². The first-order valence-electron chi connectivity index (χ1n) is 7.42. The van der Waals surface area contributed by atoms with Crippen LogP contribution in [0.1, 0.15) is 45.6 Å². The lowest BCUT2D eigenvalue weighted by atomic mass is 9.68. The van der Waals surface area contributed by atoms with Crippen LogP contribution < -0.4 is 5.32 Å². The number of aliphatic hydroxyl groups excluding tert-OH is 1. The summed E-state index contributed by atoms with van der Waals surface area (Å²) in [6.45, 7) is 7.38. The molecule has 3 rings (SSSR count). The molecule has 2 N–H and O–H groups in total. The third-order valence-corrected chi connectivity index (χ3v) is 5.69. The summed E-state index contributed by atoms with van der Waals surface area (Å²) in [6, 6.07) is 8.72. The number of hydrogen-bond donors (Lipinski definition) is 2. The summed E-state index contributed by atoms with van der Waals surface area (Å²) in [5.41, 5.74) is 2.93. The number of anilines is 1. The third-order valence-electron chi connectivity index (χ3n) is 5.69. The molecule has 104 valence electrons. The predicted molar refractivity (Wildman–Crippen MR) is 79.0 cm³/mol. The highest BCUT2D eigenvalue weighted by atomic mass is 16.3. The molecule has 0 heterocycles. The van der Waals surface area contributed by atoms with Gasteiger partial charge in [0, 0.05) is 11.7 Å². The van der Waals surface area contributed by atoms with E-state index in [1.54, 1.807) is 0 Å². The Labute approximate surface area is 116 Å². The molecule has 3 unspecified atom stereocenters. The van der Waals surface area contributed by atoms with E-state index in [-0.39, 0.29) is 6.61 Å². The zero-order valence-corrected chi connectivity index (χ0v) is 12.2. The normalized spacial score (nSPS) is 35.6. The number of nitrogens with one attached hydrogen (secondary N) is 1. The van der Waals surface area contributed by atoms with Gasteiger partial charge in [0.1, 0.15) is 0 Å². The van der Waals surface area contributed by atoms with E-state index in [4.69, 9.17) is 0 Å². The average Bonchev–Trinajstić information content (AvgIpc) is 2.86. The van der Waals surface area contributed by atoms with Crippen LogP contribution in [0, 0.1) is 16.7 Å². The number of benzene rings is 1. The van der Waals surface area contributed by atoms with Gasteiger partial charge in [0.15, 0.2) is 0 Å². The van der Waals surface area contributed by atoms with Gasteiger partial charge in [-0.3, -0.25) is 0 Å². The maximum atomic E-state index is 9.25. The summed E-state index contributed by atoms with van der Waals surface area (Å²) >= 11 is 0. The summed E-state index contributed by atoms with van der Waals surface area (Å²) in [4.78, 5) is 0. The van der Waals surface area contributed by atoms with Gasteiger partial charge in [0.25, 0.3) is 0 Å². The van der Waals surface area contributed by atoms with E-state index in [9.17, 15) is 5.11 Å². The van der Waals surface area contributed by atoms with Gasteiger partial charge in [-0.15, -0.1) is 0 Å². The summed E-state index contributed by atoms with van der Waals surface area (Å²) in [6.07, 6.45) is 4.09. The first-order valence-corrected chi connectivity index (χ1v) is 7.42. The molecule has 3 atom stereocenters. The van der Waals surface area contributed by atoms with Crippen LogP contribution in [0.3, 0.4) is 0 Å². The standard InChI is InChI=1S/C17H25NO/c1-16(2)13-7-8-17(3,10-13)15(16)18-14-6-4-5-12(9-14)11-19/h4-6,9,13,15,18-19H,7-8,10-11H2,1-3H3. The lowest BCUT2D eigenvalue weighted by molar-refractivity contribution is 0.155. The topological polar surface area (TPSA) is 32.3 Å². The highest BCUT2D eigenvalue weighted by molar-refractivity contribution is 5.48. The van der Waals surface area contributed by atoms with Crippen molar-refractivity contribution in [2.45, 2.75) is 52.7 Å². The van der Waals surface area contributed by atoms with Gasteiger partial charge in [0.2, 0.25) is 0 Å². The van der Waals surface area contributed by atoms with Crippen LogP contribution in [0.15, 0.2) is 24.3 Å². The van der Waals surface area contributed by atoms with Crippen LogP contribution in [0.25, 0.3) is 0 Å². The number of aliphatic hydroxyl groups is 1. The largest absolute Gasteiger partial charge is 0.392 e. The molecule has 2 bridgehead atoms. The number of hydrogen-bond acceptors (Lipinski definition) is 2. The maximum absolute atomic E-state index is 9.25. The molecule has 2 saturated carbocycles. The minimum atomic E-state index is 0.115. The third kappa shape index (κ3) is 1.97. The van der Waals surface area contributed by atoms with E-state index in [1.165, 1.54) is 19.3 Å². The number of rotatable bonds is 3. The molecule has 2 heteroatoms. The zero-order chi connectivity index (χ0) is 13.7. The van der Waals surface area contributed by atoms with Gasteiger partial charge in [-0.2, -0.15) is 0 Å². The van der Waals surface area contributed by atoms with Crippen molar-refractivity contribution in [2.24, 2.45) is 16.7 Å². The Hall–Kier alpha value is -1.02. The molecule has 0 aromatic heterocycles. The minimum Gasteiger partial charge on any atom is -0.392 e. The van der Waals surface area contributed by atoms with Gasteiger partial charge < -0.3 is 10.4 Å². The highest BCUT2D eigenvalue weighted by Gasteiger charge is 2.59. The highest BCUT2D eigenvalue weighted by Crippen LogP contribution is 2.63. The first-order chi connectivity index (χ1) is 8.95. The van der Waals surface area contributed by atoms with Crippen molar-refractivity contribution in [2.75, 3.05) is 5.32 Å². The van der Waals surface area contributed by atoms with E-state index in [1.807, 2.05) is 12.1 Å². The molecular formula is C17H25NO. The van der Waals surface area contributed by atoms with Crippen molar-refractivity contribution in [1.29, 1.82) is 0 Å². The summed E-state index contributed by atoms with van der Waals surface area (Å²) < 4.78 is 0. The van der Waals surface area contributed by atoms with Gasteiger partial charge in [-0.05, 0) is 53.7 Å². The van der Waals surface area contributed by atoms with E-state index >= 15 is 0 Å². The Kier molecular flexibility index (Phi) is 2.90. The van der Waals surface area contributed by atoms with Crippen molar-refractivity contribution in [3.63, 3.8) is 0 Å². The second-order valence-corrected chi connectivity index (χ2v) is 7.35. The molecule has 2 aliphatic rings. The van der Waals surface area contributed by atoms with Crippen molar-refractivity contribution in [1.82, 2.24) is 0 Å². The molecular weight excluding hydrogens is 234 g/mol. The molecule has 19 heavy (non-hydrogen) atoms. The molecule has 0 spiro atoms. The lowest BCUT2D eigenvalue weighted by Gasteiger charge is -2.43. The average molecular weight is 259 g/mol. The quantitative estimate of drug-likeness (QED) is 0.865. The molecule has 0 amide bonds. The van der Waals surface area contributed by atoms with Gasteiger partial charge in [-0.25, -0.2) is 0 Å². The van der Waals surface area contributed by atoms with E-state index in [0.29, 0.717) is 16.9 Å². The molecule has 2 fully saturated rings. The fraction of sp³-hybridized carbons (Fsp3) is 0.647. The van der Waals surface area contributed by atoms with Crippen LogP contribution in [0.4, 0.5) is 5.69 Å². The molecule has 1 aromatic rings. The monoisotopic (exact) mass is 259 g/mol. The molecule has 0 aliphatic heterocycles. The smallest absolute Gasteiger partial charge is 0.0682 e. The summed E-state index contributed by atoms with van der Waals surface area (Å²) in [5.74, 6) is 0.857. The fourth-order valence-corrected chi connectivity index (χ4v) is 4.59. The number of fused-ring (bicyclic) bond motifs is 2. The summed E-state index contributed by atoms with van der Waals surface area (Å²) in [5, 5.41) is 13.0. The van der Waals surface area contributed by atoms with Crippen LogP contribution in [-0.4, -0.2) is 11.1 Å². The van der Waals surface area contributed by atoms with Crippen molar-refractivity contribution in [3.05, 3.63) is 29.8 Å². The Morgan fingerprint density at radius 1 is 1.32 bits per heavy atom. The van der Waals surface area contributed by atoms with Crippen molar-refractivity contribution < 1.29 is 5.11 Å². The van der Waals surface area contributed by atoms with E-state index < -0.39 is 0 Å². The fourth-order valence-electron chi connectivity index (χ4n) is 4.59. The lowest BCUT2D eigenvalue weighted by Crippen LogP contribution is -2.45. The second-order valence-electron chi connectivity index (χ2n) is 7.35. The van der Waals surface area contributed by atoms with Crippen LogP contribution in [0.2, 0.25) is 0 Å². The Morgan fingerprint density at radius 3 is 2.74 bits per heavy atom. The zero-order valence-electron chi connectivity index (χ0n) is 12.2. The maximum Gasteiger partial charge on any atom is 0.0682 e. The minimum absolute atomic E-state index is 0.115. The predicted octanol–water partition coefficient (Wildman–Crippen LogP) is 3.81. The van der Waals surface area contributed by atoms with Crippen LogP contribution >= 0.6 is 0 Å². The van der Waals surface area contributed by atoms with E-state index in [2.05, 4.69) is 38.2 Å². The van der Waals surface area contributed by atoms with Gasteiger partial charge in [-0.1, -0.05) is 32.9 Å². The summed E-state index contributed by atoms with van der Waals surface area (Å²) in [7, 11) is 0. The molecule has 1 aromatic carbocycles. The Balaban J connectivity index is 1.86. The Morgan fingerprint density at radius 2 is 2.11 bits per heavy atom. The van der Waals surface area contributed by atoms with Crippen LogP contribution in [0.5, 0.6) is 0 Å². The van der Waals surface area contributed by atoms with Crippen LogP contribution in [-0.2, 0) is 6.61 Å². The van der Waals surface area contributed by atoms with Crippen molar-refractivity contribution in [3.8, 4) is 0 Å². The van der Waals surface area contributed by atoms with E-state index in [0.717, 1.165) is 17.2 Å².